The maximum atomic E-state index is 5.64. The van der Waals surface area contributed by atoms with Gasteiger partial charge in [-0.05, 0) is 32.4 Å². The third kappa shape index (κ3) is 2.57. The predicted octanol–water partition coefficient (Wildman–Crippen LogP) is 2.25. The molecule has 1 fully saturated rings. The predicted molar refractivity (Wildman–Crippen MR) is 71.7 cm³/mol. The maximum absolute atomic E-state index is 5.64. The van der Waals surface area contributed by atoms with Gasteiger partial charge in [-0.25, -0.2) is 0 Å². The van der Waals surface area contributed by atoms with Crippen LogP contribution in [0.15, 0.2) is 22.7 Å². The Morgan fingerprint density at radius 1 is 1.47 bits per heavy atom. The summed E-state index contributed by atoms with van der Waals surface area (Å²) in [7, 11) is 0. The summed E-state index contributed by atoms with van der Waals surface area (Å²) in [6, 6.07) is 3.92. The molecule has 1 aliphatic rings. The molecule has 1 atom stereocenters. The van der Waals surface area contributed by atoms with Gasteiger partial charge in [0.2, 0.25) is 0 Å². The third-order valence-corrected chi connectivity index (χ3v) is 3.63. The minimum Gasteiger partial charge on any atom is -0.460 e. The monoisotopic (exact) mass is 261 g/mol. The molecule has 5 heteroatoms. The molecular weight excluding hydrogens is 242 g/mol. The molecule has 102 valence electrons. The van der Waals surface area contributed by atoms with Crippen LogP contribution < -0.4 is 5.32 Å². The van der Waals surface area contributed by atoms with Crippen molar-refractivity contribution >= 4 is 0 Å². The summed E-state index contributed by atoms with van der Waals surface area (Å²) < 4.78 is 11.1. The minimum atomic E-state index is 0.0631. The van der Waals surface area contributed by atoms with Gasteiger partial charge in [0.15, 0.2) is 5.76 Å². The molecule has 5 nitrogen and oxygen atoms in total. The molecule has 0 bridgehead atoms. The van der Waals surface area contributed by atoms with Crippen LogP contribution in [0.25, 0.3) is 11.5 Å². The second-order valence-corrected chi connectivity index (χ2v) is 5.40. The van der Waals surface area contributed by atoms with Gasteiger partial charge >= 0.3 is 0 Å². The Hall–Kier alpha value is -1.59. The quantitative estimate of drug-likeness (QED) is 0.886. The number of ether oxygens (including phenoxy) is 1. The number of hydrogen-bond acceptors (Lipinski definition) is 4. The van der Waals surface area contributed by atoms with Crippen LogP contribution in [-0.4, -0.2) is 29.0 Å². The molecule has 2 aromatic heterocycles. The Bertz CT molecular complexity index is 553. The van der Waals surface area contributed by atoms with E-state index in [-0.39, 0.29) is 5.54 Å². The standard InChI is InChI=1S/C14H19N3O2/c1-10-3-4-12(19-10)13-11(8-16-17-13)7-15-14(2)5-6-18-9-14/h3-4,8,15H,5-7,9H2,1-2H3,(H,16,17). The minimum absolute atomic E-state index is 0.0631. The van der Waals surface area contributed by atoms with Crippen molar-refractivity contribution < 1.29 is 9.15 Å². The molecule has 0 aliphatic carbocycles. The topological polar surface area (TPSA) is 63.1 Å². The lowest BCUT2D eigenvalue weighted by Gasteiger charge is -2.23. The van der Waals surface area contributed by atoms with E-state index in [2.05, 4.69) is 22.4 Å². The number of furan rings is 1. The summed E-state index contributed by atoms with van der Waals surface area (Å²) in [6.45, 7) is 6.48. The number of aryl methyl sites for hydroxylation is 1. The molecule has 0 aromatic carbocycles. The van der Waals surface area contributed by atoms with Crippen molar-refractivity contribution in [2.45, 2.75) is 32.4 Å². The normalized spacial score (nSPS) is 23.1. The number of nitrogens with zero attached hydrogens (tertiary/aromatic N) is 1. The molecule has 2 aromatic rings. The number of aromatic nitrogens is 2. The molecule has 1 saturated heterocycles. The smallest absolute Gasteiger partial charge is 0.152 e. The van der Waals surface area contributed by atoms with E-state index in [0.717, 1.165) is 49.0 Å². The molecule has 3 heterocycles. The highest BCUT2D eigenvalue weighted by atomic mass is 16.5. The first kappa shape index (κ1) is 12.4. The van der Waals surface area contributed by atoms with Crippen LogP contribution in [0.2, 0.25) is 0 Å². The highest BCUT2D eigenvalue weighted by Gasteiger charge is 2.29. The summed E-state index contributed by atoms with van der Waals surface area (Å²) >= 11 is 0. The van der Waals surface area contributed by atoms with Gasteiger partial charge in [-0.3, -0.25) is 5.10 Å². The first-order valence-corrected chi connectivity index (χ1v) is 6.58. The van der Waals surface area contributed by atoms with E-state index in [1.807, 2.05) is 25.3 Å². The van der Waals surface area contributed by atoms with Crippen molar-refractivity contribution in [3.05, 3.63) is 29.7 Å². The molecule has 3 rings (SSSR count). The van der Waals surface area contributed by atoms with Crippen molar-refractivity contribution in [2.24, 2.45) is 0 Å². The lowest BCUT2D eigenvalue weighted by atomic mass is 10.0. The molecule has 0 saturated carbocycles. The molecule has 2 N–H and O–H groups in total. The number of hydrogen-bond donors (Lipinski definition) is 2. The molecule has 19 heavy (non-hydrogen) atoms. The van der Waals surface area contributed by atoms with E-state index < -0.39 is 0 Å². The SMILES string of the molecule is Cc1ccc(-c2[nH]ncc2CNC2(C)CCOC2)o1. The largest absolute Gasteiger partial charge is 0.460 e. The summed E-state index contributed by atoms with van der Waals surface area (Å²) in [5.41, 5.74) is 2.12. The van der Waals surface area contributed by atoms with E-state index in [1.54, 1.807) is 0 Å². The van der Waals surface area contributed by atoms with Crippen LogP contribution in [0.5, 0.6) is 0 Å². The molecule has 1 aliphatic heterocycles. The van der Waals surface area contributed by atoms with Crippen LogP contribution in [0.1, 0.15) is 24.7 Å². The van der Waals surface area contributed by atoms with Crippen molar-refractivity contribution in [1.29, 1.82) is 0 Å². The number of H-pyrrole nitrogens is 1. The van der Waals surface area contributed by atoms with Gasteiger partial charge in [-0.2, -0.15) is 5.10 Å². The van der Waals surface area contributed by atoms with Crippen molar-refractivity contribution in [2.75, 3.05) is 13.2 Å². The average molecular weight is 261 g/mol. The van der Waals surface area contributed by atoms with Crippen molar-refractivity contribution in [3.63, 3.8) is 0 Å². The average Bonchev–Trinajstić information content (AvgIpc) is 3.07. The van der Waals surface area contributed by atoms with Gasteiger partial charge in [0.25, 0.3) is 0 Å². The molecule has 0 spiro atoms. The Morgan fingerprint density at radius 3 is 3.05 bits per heavy atom. The van der Waals surface area contributed by atoms with Crippen LogP contribution in [0.3, 0.4) is 0 Å². The van der Waals surface area contributed by atoms with Gasteiger partial charge in [-0.15, -0.1) is 0 Å². The van der Waals surface area contributed by atoms with Crippen molar-refractivity contribution in [1.82, 2.24) is 15.5 Å². The zero-order chi connectivity index (χ0) is 13.3. The Kier molecular flexibility index (Phi) is 3.16. The number of rotatable bonds is 4. The summed E-state index contributed by atoms with van der Waals surface area (Å²) in [4.78, 5) is 0. The van der Waals surface area contributed by atoms with E-state index in [4.69, 9.17) is 9.15 Å². The Balaban J connectivity index is 1.74. The first-order valence-electron chi connectivity index (χ1n) is 6.58. The molecule has 1 unspecified atom stereocenters. The Morgan fingerprint density at radius 2 is 2.37 bits per heavy atom. The lowest BCUT2D eigenvalue weighted by Crippen LogP contribution is -2.42. The van der Waals surface area contributed by atoms with Gasteiger partial charge in [0, 0.05) is 24.3 Å². The second-order valence-electron chi connectivity index (χ2n) is 5.40. The highest BCUT2D eigenvalue weighted by Crippen LogP contribution is 2.24. The van der Waals surface area contributed by atoms with E-state index in [1.165, 1.54) is 0 Å². The maximum Gasteiger partial charge on any atom is 0.152 e. The van der Waals surface area contributed by atoms with Crippen molar-refractivity contribution in [3.8, 4) is 11.5 Å². The van der Waals surface area contributed by atoms with E-state index in [0.29, 0.717) is 0 Å². The van der Waals surface area contributed by atoms with E-state index >= 15 is 0 Å². The fraction of sp³-hybridized carbons (Fsp3) is 0.500. The second kappa shape index (κ2) is 4.83. The third-order valence-electron chi connectivity index (χ3n) is 3.63. The van der Waals surface area contributed by atoms with E-state index in [9.17, 15) is 0 Å². The van der Waals surface area contributed by atoms with Crippen LogP contribution in [0, 0.1) is 6.92 Å². The fourth-order valence-electron chi connectivity index (χ4n) is 2.34. The summed E-state index contributed by atoms with van der Waals surface area (Å²) in [6.07, 6.45) is 2.89. The van der Waals surface area contributed by atoms with Crippen LogP contribution in [0.4, 0.5) is 0 Å². The highest BCUT2D eigenvalue weighted by molar-refractivity contribution is 5.56. The van der Waals surface area contributed by atoms with Crippen LogP contribution >= 0.6 is 0 Å². The molecular formula is C14H19N3O2. The number of nitrogens with one attached hydrogen (secondary N) is 2. The van der Waals surface area contributed by atoms with Crippen LogP contribution in [-0.2, 0) is 11.3 Å². The van der Waals surface area contributed by atoms with Gasteiger partial charge in [0.05, 0.1) is 12.8 Å². The summed E-state index contributed by atoms with van der Waals surface area (Å²) in [5, 5.41) is 10.7. The van der Waals surface area contributed by atoms with Gasteiger partial charge < -0.3 is 14.5 Å². The molecule has 0 radical (unpaired) electrons. The zero-order valence-corrected chi connectivity index (χ0v) is 11.3. The first-order chi connectivity index (χ1) is 9.16. The zero-order valence-electron chi connectivity index (χ0n) is 11.3. The molecule has 0 amide bonds. The Labute approximate surface area is 112 Å². The lowest BCUT2D eigenvalue weighted by molar-refractivity contribution is 0.171. The number of aromatic amines is 1. The summed E-state index contributed by atoms with van der Waals surface area (Å²) in [5.74, 6) is 1.74. The fourth-order valence-corrected chi connectivity index (χ4v) is 2.34. The van der Waals surface area contributed by atoms with Gasteiger partial charge in [0.1, 0.15) is 11.5 Å². The van der Waals surface area contributed by atoms with Gasteiger partial charge in [-0.1, -0.05) is 0 Å².